The Morgan fingerprint density at radius 3 is 2.39 bits per heavy atom. The molecule has 2 heterocycles. The zero-order valence-electron chi connectivity index (χ0n) is 21.9. The number of nitrogens with two attached hydrogens (primary N) is 1. The highest BCUT2D eigenvalue weighted by Gasteiger charge is 2.38. The summed E-state index contributed by atoms with van der Waals surface area (Å²) >= 11 is 0. The summed E-state index contributed by atoms with van der Waals surface area (Å²) in [4.78, 5) is 31.3. The van der Waals surface area contributed by atoms with Crippen LogP contribution in [0, 0.1) is 11.3 Å². The third-order valence-corrected chi connectivity index (χ3v) is 8.13. The van der Waals surface area contributed by atoms with Crippen LogP contribution in [-0.4, -0.2) is 95.2 Å². The molecule has 1 amide bonds. The minimum atomic E-state index is -0.914. The molecule has 3 fully saturated rings. The van der Waals surface area contributed by atoms with Gasteiger partial charge in [-0.1, -0.05) is 19.8 Å². The Morgan fingerprint density at radius 2 is 1.78 bits per heavy atom. The molecule has 36 heavy (non-hydrogen) atoms. The number of amides is 1. The lowest BCUT2D eigenvalue weighted by molar-refractivity contribution is -0.149. The maximum Gasteiger partial charge on any atom is 0.305 e. The van der Waals surface area contributed by atoms with Crippen molar-refractivity contribution in [3.05, 3.63) is 0 Å². The predicted octanol–water partition coefficient (Wildman–Crippen LogP) is 3.33. The molecule has 0 aromatic carbocycles. The van der Waals surface area contributed by atoms with E-state index in [1.54, 1.807) is 0 Å². The third kappa shape index (κ3) is 9.23. The van der Waals surface area contributed by atoms with Gasteiger partial charge in [-0.3, -0.25) is 19.9 Å². The van der Waals surface area contributed by atoms with E-state index in [4.69, 9.17) is 15.9 Å². The Kier molecular flexibility index (Phi) is 14.4. The molecule has 4 atom stereocenters. The number of likely N-dealkylation sites (N-methyl/N-ethyl adjacent to an activating group) is 1. The Morgan fingerprint density at radius 1 is 1.08 bits per heavy atom. The summed E-state index contributed by atoms with van der Waals surface area (Å²) < 4.78 is 6.14. The SMILES string of the molecule is C[C@@H]1CCCC(N(C)[C@@H](CC(=O)O)C(=O)N2CCCC[C@H]2CCOC2CCN(C(=N)N)CC2)C1.Cl.Cl. The molecule has 2 aliphatic heterocycles. The van der Waals surface area contributed by atoms with Crippen molar-refractivity contribution in [1.29, 1.82) is 5.41 Å². The lowest BCUT2D eigenvalue weighted by atomic mass is 9.85. The number of likely N-dealkylation sites (tertiary alicyclic amines) is 2. The topological polar surface area (TPSA) is 123 Å². The van der Waals surface area contributed by atoms with Crippen molar-refractivity contribution in [2.75, 3.05) is 33.3 Å². The van der Waals surface area contributed by atoms with Crippen LogP contribution in [0.25, 0.3) is 0 Å². The zero-order valence-corrected chi connectivity index (χ0v) is 23.5. The van der Waals surface area contributed by atoms with Gasteiger partial charge in [0.1, 0.15) is 0 Å². The fraction of sp³-hybridized carbons (Fsp3) is 0.880. The number of hydrogen-bond donors (Lipinski definition) is 3. The van der Waals surface area contributed by atoms with Crippen LogP contribution in [0.2, 0.25) is 0 Å². The van der Waals surface area contributed by atoms with Crippen molar-refractivity contribution in [3.63, 3.8) is 0 Å². The van der Waals surface area contributed by atoms with Crippen molar-refractivity contribution in [1.82, 2.24) is 14.7 Å². The van der Waals surface area contributed by atoms with E-state index in [2.05, 4.69) is 11.8 Å². The Balaban J connectivity index is 0.00000324. The van der Waals surface area contributed by atoms with Gasteiger partial charge in [0.05, 0.1) is 18.6 Å². The summed E-state index contributed by atoms with van der Waals surface area (Å²) in [5.41, 5.74) is 5.57. The highest BCUT2D eigenvalue weighted by atomic mass is 35.5. The number of carbonyl (C=O) groups excluding carboxylic acids is 1. The largest absolute Gasteiger partial charge is 0.481 e. The average molecular weight is 553 g/mol. The highest BCUT2D eigenvalue weighted by molar-refractivity contribution is 5.86. The summed E-state index contributed by atoms with van der Waals surface area (Å²) in [6.07, 6.45) is 9.94. The standard InChI is InChI=1S/C25H45N5O4.2ClH/c1-18-6-5-8-20(16-18)28(2)22(17-23(31)32)24(33)30-12-4-3-7-19(30)11-15-34-21-9-13-29(14-10-21)25(26)27;;/h18-22H,3-17H2,1-2H3,(H3,26,27)(H,31,32);2*1H/t18-,19+,20?,22+;;/m1../s1. The predicted molar refractivity (Wildman–Crippen MR) is 146 cm³/mol. The molecule has 0 bridgehead atoms. The molecular formula is C25H47Cl2N5O4. The maximum atomic E-state index is 13.7. The number of nitrogens with zero attached hydrogens (tertiary/aromatic N) is 3. The molecule has 4 N–H and O–H groups in total. The molecule has 1 unspecified atom stereocenters. The molecule has 1 saturated carbocycles. The number of carboxylic acid groups (broad SMARTS) is 1. The number of guanidine groups is 1. The number of hydrogen-bond acceptors (Lipinski definition) is 5. The van der Waals surface area contributed by atoms with Crippen LogP contribution in [0.4, 0.5) is 0 Å². The van der Waals surface area contributed by atoms with E-state index in [0.29, 0.717) is 19.1 Å². The van der Waals surface area contributed by atoms with Gasteiger partial charge in [0.25, 0.3) is 0 Å². The van der Waals surface area contributed by atoms with Crippen LogP contribution in [0.15, 0.2) is 0 Å². The molecule has 1 aliphatic carbocycles. The number of halogens is 2. The van der Waals surface area contributed by atoms with Gasteiger partial charge in [-0.2, -0.15) is 0 Å². The van der Waals surface area contributed by atoms with Crippen LogP contribution in [0.3, 0.4) is 0 Å². The quantitative estimate of drug-likeness (QED) is 0.296. The van der Waals surface area contributed by atoms with Gasteiger partial charge in [0.15, 0.2) is 5.96 Å². The molecule has 210 valence electrons. The molecule has 2 saturated heterocycles. The number of nitrogens with one attached hydrogen (secondary N) is 1. The van der Waals surface area contributed by atoms with E-state index >= 15 is 0 Å². The molecule has 9 nitrogen and oxygen atoms in total. The summed E-state index contributed by atoms with van der Waals surface area (Å²) in [6, 6.07) is -0.233. The number of piperidine rings is 2. The average Bonchev–Trinajstić information content (AvgIpc) is 2.82. The number of ether oxygens (including phenoxy) is 1. The van der Waals surface area contributed by atoms with E-state index in [9.17, 15) is 14.7 Å². The van der Waals surface area contributed by atoms with Crippen molar-refractivity contribution in [2.24, 2.45) is 11.7 Å². The highest BCUT2D eigenvalue weighted by Crippen LogP contribution is 2.30. The number of carboxylic acids is 1. The first-order valence-electron chi connectivity index (χ1n) is 13.2. The Labute approximate surface area is 228 Å². The van der Waals surface area contributed by atoms with Gasteiger partial charge in [-0.05, 0) is 64.3 Å². The molecule has 3 rings (SSSR count). The Bertz CT molecular complexity index is 708. The second-order valence-corrected chi connectivity index (χ2v) is 10.6. The molecule has 0 spiro atoms. The van der Waals surface area contributed by atoms with E-state index < -0.39 is 12.0 Å². The van der Waals surface area contributed by atoms with E-state index in [1.165, 1.54) is 6.42 Å². The van der Waals surface area contributed by atoms with Crippen molar-refractivity contribution in [3.8, 4) is 0 Å². The lowest BCUT2D eigenvalue weighted by Gasteiger charge is -2.43. The van der Waals surface area contributed by atoms with Crippen molar-refractivity contribution < 1.29 is 19.4 Å². The van der Waals surface area contributed by atoms with Gasteiger partial charge < -0.3 is 25.4 Å². The second-order valence-electron chi connectivity index (χ2n) is 10.6. The first-order chi connectivity index (χ1) is 16.3. The van der Waals surface area contributed by atoms with Gasteiger partial charge in [-0.15, -0.1) is 24.8 Å². The number of aliphatic carboxylic acids is 1. The van der Waals surface area contributed by atoms with Gasteiger partial charge in [0, 0.05) is 38.3 Å². The third-order valence-electron chi connectivity index (χ3n) is 8.13. The van der Waals surface area contributed by atoms with Crippen LogP contribution < -0.4 is 5.73 Å². The van der Waals surface area contributed by atoms with E-state index in [-0.39, 0.29) is 61.3 Å². The van der Waals surface area contributed by atoms with Gasteiger partial charge in [-0.25, -0.2) is 0 Å². The van der Waals surface area contributed by atoms with Gasteiger partial charge >= 0.3 is 5.97 Å². The monoisotopic (exact) mass is 551 g/mol. The van der Waals surface area contributed by atoms with E-state index in [1.807, 2.05) is 16.8 Å². The van der Waals surface area contributed by atoms with Crippen molar-refractivity contribution in [2.45, 2.75) is 102 Å². The summed E-state index contributed by atoms with van der Waals surface area (Å²) in [5.74, 6) is -0.201. The van der Waals surface area contributed by atoms with Gasteiger partial charge in [0.2, 0.25) is 5.91 Å². The molecule has 11 heteroatoms. The Hall–Kier alpha value is -1.29. The smallest absolute Gasteiger partial charge is 0.305 e. The van der Waals surface area contributed by atoms with E-state index in [0.717, 1.165) is 70.9 Å². The zero-order chi connectivity index (χ0) is 24.7. The minimum Gasteiger partial charge on any atom is -0.481 e. The summed E-state index contributed by atoms with van der Waals surface area (Å²) in [5, 5.41) is 17.1. The first kappa shape index (κ1) is 32.7. The van der Waals surface area contributed by atoms with Crippen molar-refractivity contribution >= 4 is 42.7 Å². The molecule has 3 aliphatic rings. The summed E-state index contributed by atoms with van der Waals surface area (Å²) in [6.45, 7) is 5.04. The fourth-order valence-electron chi connectivity index (χ4n) is 6.01. The van der Waals surface area contributed by atoms with Crippen LogP contribution in [0.5, 0.6) is 0 Å². The first-order valence-corrected chi connectivity index (χ1v) is 13.2. The molecule has 0 radical (unpaired) electrons. The minimum absolute atomic E-state index is 0. The van der Waals surface area contributed by atoms with Crippen LogP contribution >= 0.6 is 24.8 Å². The molecule has 0 aromatic rings. The van der Waals surface area contributed by atoms with Crippen LogP contribution in [0.1, 0.15) is 77.6 Å². The normalized spacial score (nSPS) is 26.0. The lowest BCUT2D eigenvalue weighted by Crippen LogP contribution is -2.56. The molecular weight excluding hydrogens is 505 g/mol. The van der Waals surface area contributed by atoms with Crippen LogP contribution in [-0.2, 0) is 14.3 Å². The number of rotatable bonds is 9. The fourth-order valence-corrected chi connectivity index (χ4v) is 6.01. The molecule has 0 aromatic heterocycles. The second kappa shape index (κ2) is 15.8. The number of carbonyl (C=O) groups is 2. The summed E-state index contributed by atoms with van der Waals surface area (Å²) in [7, 11) is 1.95. The maximum absolute atomic E-state index is 13.7.